The summed E-state index contributed by atoms with van der Waals surface area (Å²) in [7, 11) is -1.19. The molecule has 7 nitrogen and oxygen atoms in total. The minimum absolute atomic E-state index is 0.00366. The number of rotatable bonds is 9. The van der Waals surface area contributed by atoms with Crippen LogP contribution in [0.5, 0.6) is 5.75 Å². The van der Waals surface area contributed by atoms with Gasteiger partial charge in [0.25, 0.3) is 0 Å². The van der Waals surface area contributed by atoms with Crippen molar-refractivity contribution in [1.82, 2.24) is 4.31 Å². The van der Waals surface area contributed by atoms with Crippen LogP contribution in [0.4, 0.5) is 0 Å². The van der Waals surface area contributed by atoms with E-state index in [0.29, 0.717) is 5.56 Å². The zero-order valence-electron chi connectivity index (χ0n) is 19.5. The SMILES string of the molecule is COc1ccc(C(=O)O[C@H](C)C(=O)c2ccc(C)cc2)cc1S(=O)(=O)N(C)Cc1ccccc1. The first-order valence-corrected chi connectivity index (χ1v) is 12.1. The topological polar surface area (TPSA) is 90.0 Å². The molecule has 0 saturated carbocycles. The van der Waals surface area contributed by atoms with E-state index in [9.17, 15) is 18.0 Å². The van der Waals surface area contributed by atoms with E-state index in [0.717, 1.165) is 11.1 Å². The monoisotopic (exact) mass is 481 g/mol. The summed E-state index contributed by atoms with van der Waals surface area (Å²) in [5, 5.41) is 0. The van der Waals surface area contributed by atoms with Gasteiger partial charge in [-0.05, 0) is 37.6 Å². The highest BCUT2D eigenvalue weighted by molar-refractivity contribution is 7.89. The third-order valence-corrected chi connectivity index (χ3v) is 7.15. The Morgan fingerprint density at radius 2 is 1.56 bits per heavy atom. The molecule has 3 rings (SSSR count). The lowest BCUT2D eigenvalue weighted by molar-refractivity contribution is 0.0318. The van der Waals surface area contributed by atoms with Gasteiger partial charge in [0.1, 0.15) is 10.6 Å². The van der Waals surface area contributed by atoms with Gasteiger partial charge < -0.3 is 9.47 Å². The van der Waals surface area contributed by atoms with Gasteiger partial charge in [-0.2, -0.15) is 4.31 Å². The molecule has 0 heterocycles. The van der Waals surface area contributed by atoms with Crippen molar-refractivity contribution in [2.24, 2.45) is 0 Å². The summed E-state index contributed by atoms with van der Waals surface area (Å²) >= 11 is 0. The van der Waals surface area contributed by atoms with E-state index < -0.39 is 22.1 Å². The van der Waals surface area contributed by atoms with Crippen molar-refractivity contribution in [3.63, 3.8) is 0 Å². The molecule has 8 heteroatoms. The third kappa shape index (κ3) is 5.70. The number of aryl methyl sites for hydroxylation is 1. The highest BCUT2D eigenvalue weighted by atomic mass is 32.2. The van der Waals surface area contributed by atoms with Gasteiger partial charge in [-0.25, -0.2) is 13.2 Å². The van der Waals surface area contributed by atoms with Gasteiger partial charge in [-0.3, -0.25) is 4.79 Å². The fourth-order valence-corrected chi connectivity index (χ4v) is 4.67. The Morgan fingerprint density at radius 1 is 0.941 bits per heavy atom. The largest absolute Gasteiger partial charge is 0.495 e. The molecule has 3 aromatic carbocycles. The number of hydrogen-bond acceptors (Lipinski definition) is 6. The zero-order valence-corrected chi connectivity index (χ0v) is 20.3. The van der Waals surface area contributed by atoms with E-state index in [1.165, 1.54) is 43.6 Å². The molecular weight excluding hydrogens is 454 g/mol. The van der Waals surface area contributed by atoms with Crippen molar-refractivity contribution in [1.29, 1.82) is 0 Å². The molecule has 3 aromatic rings. The number of ether oxygens (including phenoxy) is 2. The van der Waals surface area contributed by atoms with Crippen LogP contribution in [0, 0.1) is 6.92 Å². The molecule has 0 amide bonds. The van der Waals surface area contributed by atoms with Crippen LogP contribution >= 0.6 is 0 Å². The number of nitrogens with zero attached hydrogens (tertiary/aromatic N) is 1. The average molecular weight is 482 g/mol. The first-order chi connectivity index (χ1) is 16.1. The zero-order chi connectivity index (χ0) is 24.9. The highest BCUT2D eigenvalue weighted by Crippen LogP contribution is 2.28. The van der Waals surface area contributed by atoms with Crippen LogP contribution < -0.4 is 4.74 Å². The first-order valence-electron chi connectivity index (χ1n) is 10.6. The molecule has 0 saturated heterocycles. The number of benzene rings is 3. The summed E-state index contributed by atoms with van der Waals surface area (Å²) in [6.07, 6.45) is -1.04. The van der Waals surface area contributed by atoms with Gasteiger partial charge in [-0.15, -0.1) is 0 Å². The van der Waals surface area contributed by atoms with E-state index >= 15 is 0 Å². The lowest BCUT2D eigenvalue weighted by Crippen LogP contribution is -2.27. The number of sulfonamides is 1. The van der Waals surface area contributed by atoms with E-state index in [1.54, 1.807) is 24.3 Å². The van der Waals surface area contributed by atoms with Crippen LogP contribution in [0.2, 0.25) is 0 Å². The molecule has 0 spiro atoms. The number of carbonyl (C=O) groups is 2. The Kier molecular flexibility index (Phi) is 7.86. The molecule has 178 valence electrons. The van der Waals surface area contributed by atoms with Crippen LogP contribution in [0.15, 0.2) is 77.7 Å². The third-order valence-electron chi connectivity index (χ3n) is 5.32. The van der Waals surface area contributed by atoms with Gasteiger partial charge in [0.05, 0.1) is 12.7 Å². The molecular formula is C26H27NO6S. The number of esters is 1. The number of carbonyl (C=O) groups excluding carboxylic acids is 2. The quantitative estimate of drug-likeness (QED) is 0.335. The van der Waals surface area contributed by atoms with Gasteiger partial charge in [0.15, 0.2) is 6.10 Å². The number of hydrogen-bond donors (Lipinski definition) is 0. The molecule has 0 unspecified atom stereocenters. The maximum Gasteiger partial charge on any atom is 0.338 e. The van der Waals surface area contributed by atoms with E-state index in [1.807, 2.05) is 37.3 Å². The van der Waals surface area contributed by atoms with Crippen LogP contribution in [-0.2, 0) is 21.3 Å². The Morgan fingerprint density at radius 3 is 2.18 bits per heavy atom. The number of methoxy groups -OCH3 is 1. The Hall–Kier alpha value is -3.49. The van der Waals surface area contributed by atoms with E-state index in [-0.39, 0.29) is 28.5 Å². The van der Waals surface area contributed by atoms with E-state index in [4.69, 9.17) is 9.47 Å². The number of Topliss-reactive ketones (excluding diaryl/α,β-unsaturated/α-hetero) is 1. The smallest absolute Gasteiger partial charge is 0.338 e. The fraction of sp³-hybridized carbons (Fsp3) is 0.231. The minimum Gasteiger partial charge on any atom is -0.495 e. The lowest BCUT2D eigenvalue weighted by Gasteiger charge is -2.20. The molecule has 0 bridgehead atoms. The Bertz CT molecular complexity index is 1270. The predicted octanol–water partition coefficient (Wildman–Crippen LogP) is 4.25. The number of ketones is 1. The normalized spacial score (nSPS) is 12.3. The average Bonchev–Trinajstić information content (AvgIpc) is 2.84. The Balaban J connectivity index is 1.82. The maximum atomic E-state index is 13.3. The van der Waals surface area contributed by atoms with Gasteiger partial charge >= 0.3 is 5.97 Å². The standard InChI is InChI=1S/C26H27NO6S/c1-18-10-12-21(13-11-18)25(28)19(2)33-26(29)22-14-15-23(32-4)24(16-22)34(30,31)27(3)17-20-8-6-5-7-9-20/h5-16,19H,17H2,1-4H3/t19-/m1/s1. The molecule has 0 radical (unpaired) electrons. The lowest BCUT2D eigenvalue weighted by atomic mass is 10.1. The van der Waals surface area contributed by atoms with Crippen LogP contribution in [0.1, 0.15) is 38.8 Å². The molecule has 34 heavy (non-hydrogen) atoms. The second kappa shape index (κ2) is 10.6. The van der Waals surface area contributed by atoms with Crippen molar-refractivity contribution in [2.75, 3.05) is 14.2 Å². The molecule has 0 aromatic heterocycles. The molecule has 0 aliphatic heterocycles. The van der Waals surface area contributed by atoms with Crippen LogP contribution in [-0.4, -0.2) is 44.7 Å². The van der Waals surface area contributed by atoms with E-state index in [2.05, 4.69) is 0 Å². The molecule has 1 atom stereocenters. The van der Waals surface area contributed by atoms with Gasteiger partial charge in [0, 0.05) is 19.2 Å². The second-order valence-corrected chi connectivity index (χ2v) is 9.90. The molecule has 0 fully saturated rings. The van der Waals surface area contributed by atoms with Crippen molar-refractivity contribution < 1.29 is 27.5 Å². The fourth-order valence-electron chi connectivity index (χ4n) is 3.33. The summed E-state index contributed by atoms with van der Waals surface area (Å²) in [4.78, 5) is 25.2. The summed E-state index contributed by atoms with van der Waals surface area (Å²) in [6.45, 7) is 3.53. The Labute approximate surface area is 200 Å². The summed E-state index contributed by atoms with van der Waals surface area (Å²) in [5.74, 6) is -1.06. The van der Waals surface area contributed by atoms with Crippen molar-refractivity contribution >= 4 is 21.8 Å². The highest BCUT2D eigenvalue weighted by Gasteiger charge is 2.28. The minimum atomic E-state index is -3.99. The van der Waals surface area contributed by atoms with Crippen molar-refractivity contribution in [2.45, 2.75) is 31.4 Å². The first kappa shape index (κ1) is 25.1. The molecule has 0 aliphatic rings. The summed E-state index contributed by atoms with van der Waals surface area (Å²) in [5.41, 5.74) is 2.24. The summed E-state index contributed by atoms with van der Waals surface area (Å²) < 4.78 is 38.3. The van der Waals surface area contributed by atoms with Crippen LogP contribution in [0.25, 0.3) is 0 Å². The maximum absolute atomic E-state index is 13.3. The predicted molar refractivity (Wildman–Crippen MR) is 128 cm³/mol. The molecule has 0 aliphatic carbocycles. The van der Waals surface area contributed by atoms with Gasteiger partial charge in [0.2, 0.25) is 15.8 Å². The molecule has 0 N–H and O–H groups in total. The van der Waals surface area contributed by atoms with Crippen molar-refractivity contribution in [3.05, 3.63) is 95.1 Å². The van der Waals surface area contributed by atoms with Crippen LogP contribution in [0.3, 0.4) is 0 Å². The van der Waals surface area contributed by atoms with Gasteiger partial charge in [-0.1, -0.05) is 60.2 Å². The summed E-state index contributed by atoms with van der Waals surface area (Å²) in [6, 6.07) is 20.1. The second-order valence-electron chi connectivity index (χ2n) is 7.89. The van der Waals surface area contributed by atoms with Crippen molar-refractivity contribution in [3.8, 4) is 5.75 Å².